The predicted molar refractivity (Wildman–Crippen MR) is 48.0 cm³/mol. The zero-order chi connectivity index (χ0) is 8.55. The maximum atomic E-state index is 12.8. The van der Waals surface area contributed by atoms with Gasteiger partial charge < -0.3 is 0 Å². The number of halogens is 2. The summed E-state index contributed by atoms with van der Waals surface area (Å²) in [5.74, 6) is 1.64. The van der Waals surface area contributed by atoms with E-state index in [-0.39, 0.29) is 5.82 Å². The molecule has 0 aliphatic heterocycles. The van der Waals surface area contributed by atoms with E-state index in [1.54, 1.807) is 12.1 Å². The molecule has 64 valence electrons. The largest absolute Gasteiger partial charge is 0.207 e. The van der Waals surface area contributed by atoms with Gasteiger partial charge in [-0.15, -0.1) is 11.6 Å². The van der Waals surface area contributed by atoms with Crippen molar-refractivity contribution in [3.8, 4) is 0 Å². The van der Waals surface area contributed by atoms with Crippen molar-refractivity contribution in [2.75, 3.05) is 5.88 Å². The van der Waals surface area contributed by atoms with Crippen molar-refractivity contribution in [3.63, 3.8) is 0 Å². The van der Waals surface area contributed by atoms with E-state index in [4.69, 9.17) is 11.6 Å². The molecule has 2 rings (SSSR count). The third-order valence-corrected chi connectivity index (χ3v) is 2.79. The van der Waals surface area contributed by atoms with Gasteiger partial charge in [0.05, 0.1) is 0 Å². The van der Waals surface area contributed by atoms with E-state index in [0.29, 0.717) is 17.7 Å². The van der Waals surface area contributed by atoms with Gasteiger partial charge >= 0.3 is 0 Å². The smallest absolute Gasteiger partial charge is 0.123 e. The lowest BCUT2D eigenvalue weighted by atomic mass is 10.1. The molecule has 1 saturated carbocycles. The molecule has 12 heavy (non-hydrogen) atoms. The average Bonchev–Trinajstić information content (AvgIpc) is 2.83. The van der Waals surface area contributed by atoms with Crippen LogP contribution in [0.5, 0.6) is 0 Å². The molecule has 2 heteroatoms. The minimum absolute atomic E-state index is 0.146. The summed E-state index contributed by atoms with van der Waals surface area (Å²) in [6, 6.07) is 6.81. The number of hydrogen-bond donors (Lipinski definition) is 0. The Morgan fingerprint density at radius 3 is 2.92 bits per heavy atom. The van der Waals surface area contributed by atoms with E-state index in [1.165, 1.54) is 6.07 Å². The van der Waals surface area contributed by atoms with Crippen LogP contribution in [0, 0.1) is 11.7 Å². The van der Waals surface area contributed by atoms with Crippen LogP contribution in [0.15, 0.2) is 24.3 Å². The van der Waals surface area contributed by atoms with E-state index < -0.39 is 0 Å². The molecule has 2 unspecified atom stereocenters. The highest BCUT2D eigenvalue weighted by atomic mass is 35.5. The summed E-state index contributed by atoms with van der Waals surface area (Å²) >= 11 is 5.69. The van der Waals surface area contributed by atoms with Crippen molar-refractivity contribution in [3.05, 3.63) is 35.6 Å². The second kappa shape index (κ2) is 3.06. The lowest BCUT2D eigenvalue weighted by molar-refractivity contribution is 0.625. The first kappa shape index (κ1) is 8.06. The Morgan fingerprint density at radius 2 is 2.33 bits per heavy atom. The Morgan fingerprint density at radius 1 is 1.50 bits per heavy atom. The molecule has 1 aliphatic carbocycles. The maximum Gasteiger partial charge on any atom is 0.123 e. The summed E-state index contributed by atoms with van der Waals surface area (Å²) < 4.78 is 12.8. The SMILES string of the molecule is Fc1cccc(C2CC2CCl)c1. The summed E-state index contributed by atoms with van der Waals surface area (Å²) in [6.07, 6.45) is 1.12. The van der Waals surface area contributed by atoms with Crippen LogP contribution in [0.1, 0.15) is 17.9 Å². The first-order chi connectivity index (χ1) is 5.81. The normalized spacial score (nSPS) is 27.2. The lowest BCUT2D eigenvalue weighted by Gasteiger charge is -1.97. The van der Waals surface area contributed by atoms with Gasteiger partial charge in [0.25, 0.3) is 0 Å². The Hall–Kier alpha value is -0.560. The summed E-state index contributed by atoms with van der Waals surface area (Å²) in [7, 11) is 0. The van der Waals surface area contributed by atoms with Crippen molar-refractivity contribution in [1.29, 1.82) is 0 Å². The van der Waals surface area contributed by atoms with Crippen LogP contribution in [-0.4, -0.2) is 5.88 Å². The standard InChI is InChI=1S/C10H10ClF/c11-6-8-5-10(8)7-2-1-3-9(12)4-7/h1-4,8,10H,5-6H2. The fourth-order valence-corrected chi connectivity index (χ4v) is 1.90. The molecule has 0 spiro atoms. The fourth-order valence-electron chi connectivity index (χ4n) is 1.56. The molecule has 1 fully saturated rings. The van der Waals surface area contributed by atoms with Gasteiger partial charge in [-0.1, -0.05) is 12.1 Å². The molecule has 1 aromatic rings. The van der Waals surface area contributed by atoms with Crippen molar-refractivity contribution >= 4 is 11.6 Å². The Balaban J connectivity index is 2.14. The van der Waals surface area contributed by atoms with Crippen molar-refractivity contribution in [1.82, 2.24) is 0 Å². The summed E-state index contributed by atoms with van der Waals surface area (Å²) in [6.45, 7) is 0. The molecule has 0 radical (unpaired) electrons. The van der Waals surface area contributed by atoms with Crippen LogP contribution in [0.2, 0.25) is 0 Å². The zero-order valence-electron chi connectivity index (χ0n) is 6.63. The van der Waals surface area contributed by atoms with E-state index >= 15 is 0 Å². The predicted octanol–water partition coefficient (Wildman–Crippen LogP) is 3.17. The number of hydrogen-bond acceptors (Lipinski definition) is 0. The fraction of sp³-hybridized carbons (Fsp3) is 0.400. The maximum absolute atomic E-state index is 12.8. The van der Waals surface area contributed by atoms with Gasteiger partial charge in [0.15, 0.2) is 0 Å². The monoisotopic (exact) mass is 184 g/mol. The van der Waals surface area contributed by atoms with Crippen molar-refractivity contribution < 1.29 is 4.39 Å². The third kappa shape index (κ3) is 1.46. The first-order valence-electron chi connectivity index (χ1n) is 4.12. The molecule has 0 aromatic heterocycles. The number of rotatable bonds is 2. The molecular weight excluding hydrogens is 175 g/mol. The first-order valence-corrected chi connectivity index (χ1v) is 4.66. The van der Waals surface area contributed by atoms with Gasteiger partial charge in [0.2, 0.25) is 0 Å². The number of alkyl halides is 1. The highest BCUT2D eigenvalue weighted by molar-refractivity contribution is 6.18. The molecule has 1 aliphatic rings. The van der Waals surface area contributed by atoms with Crippen LogP contribution in [0.3, 0.4) is 0 Å². The average molecular weight is 185 g/mol. The van der Waals surface area contributed by atoms with Gasteiger partial charge in [-0.05, 0) is 36.0 Å². The minimum Gasteiger partial charge on any atom is -0.207 e. The number of benzene rings is 1. The Labute approximate surface area is 76.4 Å². The van der Waals surface area contributed by atoms with Crippen LogP contribution in [0.25, 0.3) is 0 Å². The van der Waals surface area contributed by atoms with Gasteiger partial charge in [-0.2, -0.15) is 0 Å². The zero-order valence-corrected chi connectivity index (χ0v) is 7.39. The minimum atomic E-state index is -0.146. The van der Waals surface area contributed by atoms with Crippen molar-refractivity contribution in [2.45, 2.75) is 12.3 Å². The van der Waals surface area contributed by atoms with Crippen LogP contribution >= 0.6 is 11.6 Å². The topological polar surface area (TPSA) is 0 Å². The summed E-state index contributed by atoms with van der Waals surface area (Å²) in [4.78, 5) is 0. The quantitative estimate of drug-likeness (QED) is 0.620. The van der Waals surface area contributed by atoms with E-state index in [2.05, 4.69) is 0 Å². The van der Waals surface area contributed by atoms with Crippen LogP contribution in [-0.2, 0) is 0 Å². The van der Waals surface area contributed by atoms with Gasteiger partial charge in [0, 0.05) is 5.88 Å². The molecule has 0 N–H and O–H groups in total. The third-order valence-electron chi connectivity index (χ3n) is 2.40. The highest BCUT2D eigenvalue weighted by Gasteiger charge is 2.37. The molecule has 0 bridgehead atoms. The van der Waals surface area contributed by atoms with Crippen LogP contribution in [0.4, 0.5) is 4.39 Å². The molecule has 0 nitrogen and oxygen atoms in total. The summed E-state index contributed by atoms with van der Waals surface area (Å²) in [5.41, 5.74) is 1.10. The lowest BCUT2D eigenvalue weighted by Crippen LogP contribution is -1.85. The Kier molecular flexibility index (Phi) is 2.05. The molecule has 2 atom stereocenters. The summed E-state index contributed by atoms with van der Waals surface area (Å²) in [5, 5.41) is 0. The van der Waals surface area contributed by atoms with E-state index in [1.807, 2.05) is 6.07 Å². The van der Waals surface area contributed by atoms with Crippen molar-refractivity contribution in [2.24, 2.45) is 5.92 Å². The van der Waals surface area contributed by atoms with E-state index in [9.17, 15) is 4.39 Å². The molecule has 0 heterocycles. The molecular formula is C10H10ClF. The van der Waals surface area contributed by atoms with Gasteiger partial charge in [-0.25, -0.2) is 4.39 Å². The second-order valence-electron chi connectivity index (χ2n) is 3.31. The molecule has 1 aromatic carbocycles. The van der Waals surface area contributed by atoms with Gasteiger partial charge in [0.1, 0.15) is 5.82 Å². The highest BCUT2D eigenvalue weighted by Crippen LogP contribution is 2.47. The van der Waals surface area contributed by atoms with Crippen LogP contribution < -0.4 is 0 Å². The van der Waals surface area contributed by atoms with E-state index in [0.717, 1.165) is 12.0 Å². The van der Waals surface area contributed by atoms with Gasteiger partial charge in [-0.3, -0.25) is 0 Å². The molecule has 0 saturated heterocycles. The second-order valence-corrected chi connectivity index (χ2v) is 3.62. The Bertz CT molecular complexity index is 285. The molecule has 0 amide bonds.